The number of carboxylic acid groups (broad SMARTS) is 1. The van der Waals surface area contributed by atoms with Gasteiger partial charge >= 0.3 is 5.97 Å². The van der Waals surface area contributed by atoms with Crippen LogP contribution in [0, 0.1) is 5.82 Å². The summed E-state index contributed by atoms with van der Waals surface area (Å²) in [5.74, 6) is -0.553. The summed E-state index contributed by atoms with van der Waals surface area (Å²) in [6.07, 6.45) is 3.63. The molecule has 0 saturated heterocycles. The van der Waals surface area contributed by atoms with Gasteiger partial charge in [0, 0.05) is 0 Å². The van der Waals surface area contributed by atoms with E-state index in [1.165, 1.54) is 12.1 Å². The molecule has 0 unspecified atom stereocenters. The number of aromatic carboxylic acids is 1. The van der Waals surface area contributed by atoms with Gasteiger partial charge in [-0.05, 0) is 64.2 Å². The van der Waals surface area contributed by atoms with Crippen LogP contribution in [0.25, 0.3) is 23.3 Å². The monoisotopic (exact) mass is 424 g/mol. The summed E-state index contributed by atoms with van der Waals surface area (Å²) in [6, 6.07) is 28.8. The van der Waals surface area contributed by atoms with Crippen molar-refractivity contribution in [1.29, 1.82) is 0 Å². The second-order valence-electron chi connectivity index (χ2n) is 7.29. The van der Waals surface area contributed by atoms with Crippen LogP contribution in [0.5, 0.6) is 5.75 Å². The van der Waals surface area contributed by atoms with Crippen molar-refractivity contribution >= 4 is 18.1 Å². The Kier molecular flexibility index (Phi) is 6.42. The summed E-state index contributed by atoms with van der Waals surface area (Å²) in [6.45, 7) is 0.494. The van der Waals surface area contributed by atoms with Crippen molar-refractivity contribution < 1.29 is 19.0 Å². The molecule has 0 radical (unpaired) electrons. The molecule has 32 heavy (non-hydrogen) atoms. The fraction of sp³-hybridized carbons (Fsp3) is 0.0357. The Morgan fingerprint density at radius 2 is 1.50 bits per heavy atom. The predicted octanol–water partition coefficient (Wildman–Crippen LogP) is 6.94. The van der Waals surface area contributed by atoms with Crippen LogP contribution in [0.2, 0.25) is 0 Å². The summed E-state index contributed by atoms with van der Waals surface area (Å²) < 4.78 is 19.0. The number of rotatable bonds is 7. The smallest absolute Gasteiger partial charge is 0.336 e. The van der Waals surface area contributed by atoms with Crippen molar-refractivity contribution in [2.45, 2.75) is 6.61 Å². The molecule has 4 rings (SSSR count). The SMILES string of the molecule is O=C(O)c1ccc(-c2ccc(F)cc2)cc1C=Cc1ccc(OCc2ccccc2)cc1. The lowest BCUT2D eigenvalue weighted by molar-refractivity contribution is 0.0696. The van der Waals surface area contributed by atoms with Gasteiger partial charge in [-0.3, -0.25) is 0 Å². The summed E-state index contributed by atoms with van der Waals surface area (Å²) in [5, 5.41) is 9.55. The number of halogens is 1. The average molecular weight is 424 g/mol. The Labute approximate surface area is 186 Å². The Balaban J connectivity index is 1.51. The Bertz CT molecular complexity index is 1230. The number of ether oxygens (including phenoxy) is 1. The van der Waals surface area contributed by atoms with Gasteiger partial charge in [0.2, 0.25) is 0 Å². The van der Waals surface area contributed by atoms with Gasteiger partial charge < -0.3 is 9.84 Å². The Morgan fingerprint density at radius 3 is 2.19 bits per heavy atom. The first kappa shape index (κ1) is 21.1. The molecule has 1 N–H and O–H groups in total. The number of carbonyl (C=O) groups is 1. The molecule has 0 fully saturated rings. The molecule has 0 bridgehead atoms. The van der Waals surface area contributed by atoms with Crippen molar-refractivity contribution in [2.75, 3.05) is 0 Å². The van der Waals surface area contributed by atoms with Crippen LogP contribution in [0.15, 0.2) is 97.1 Å². The van der Waals surface area contributed by atoms with E-state index in [1.807, 2.05) is 60.7 Å². The molecule has 0 atom stereocenters. The first-order valence-corrected chi connectivity index (χ1v) is 10.2. The lowest BCUT2D eigenvalue weighted by Crippen LogP contribution is -1.99. The van der Waals surface area contributed by atoms with Crippen molar-refractivity contribution in [1.82, 2.24) is 0 Å². The zero-order chi connectivity index (χ0) is 22.3. The Hall–Kier alpha value is -4.18. The van der Waals surface area contributed by atoms with E-state index >= 15 is 0 Å². The van der Waals surface area contributed by atoms with Gasteiger partial charge in [-0.1, -0.05) is 72.8 Å². The lowest BCUT2D eigenvalue weighted by Gasteiger charge is -2.08. The topological polar surface area (TPSA) is 46.5 Å². The molecule has 0 heterocycles. The third kappa shape index (κ3) is 5.29. The molecule has 0 aliphatic carbocycles. The average Bonchev–Trinajstić information content (AvgIpc) is 2.83. The van der Waals surface area contributed by atoms with Crippen LogP contribution in [0.1, 0.15) is 27.0 Å². The first-order valence-electron chi connectivity index (χ1n) is 10.2. The summed E-state index contributed by atoms with van der Waals surface area (Å²) in [4.78, 5) is 11.7. The van der Waals surface area contributed by atoms with Gasteiger partial charge in [0.05, 0.1) is 5.56 Å². The second kappa shape index (κ2) is 9.75. The van der Waals surface area contributed by atoms with Gasteiger partial charge in [-0.25, -0.2) is 9.18 Å². The molecule has 0 aliphatic heterocycles. The highest BCUT2D eigenvalue weighted by atomic mass is 19.1. The number of carboxylic acids is 1. The van der Waals surface area contributed by atoms with Crippen molar-refractivity contribution in [3.8, 4) is 16.9 Å². The lowest BCUT2D eigenvalue weighted by atomic mass is 9.98. The molecule has 0 spiro atoms. The maximum absolute atomic E-state index is 13.2. The zero-order valence-corrected chi connectivity index (χ0v) is 17.2. The van der Waals surface area contributed by atoms with Crippen LogP contribution in [-0.2, 0) is 6.61 Å². The van der Waals surface area contributed by atoms with Gasteiger partial charge in [0.1, 0.15) is 18.2 Å². The molecule has 4 aromatic rings. The highest BCUT2D eigenvalue weighted by Crippen LogP contribution is 2.25. The molecule has 3 nitrogen and oxygen atoms in total. The van der Waals surface area contributed by atoms with E-state index in [1.54, 1.807) is 36.4 Å². The van der Waals surface area contributed by atoms with Crippen LogP contribution in [0.4, 0.5) is 4.39 Å². The van der Waals surface area contributed by atoms with E-state index in [0.717, 1.165) is 28.0 Å². The van der Waals surface area contributed by atoms with E-state index < -0.39 is 5.97 Å². The van der Waals surface area contributed by atoms with E-state index in [-0.39, 0.29) is 11.4 Å². The molecule has 4 aromatic carbocycles. The van der Waals surface area contributed by atoms with Crippen molar-refractivity contribution in [2.24, 2.45) is 0 Å². The van der Waals surface area contributed by atoms with E-state index in [2.05, 4.69) is 0 Å². The summed E-state index contributed by atoms with van der Waals surface area (Å²) >= 11 is 0. The van der Waals surface area contributed by atoms with Crippen molar-refractivity contribution in [3.63, 3.8) is 0 Å². The van der Waals surface area contributed by atoms with Crippen LogP contribution >= 0.6 is 0 Å². The number of hydrogen-bond donors (Lipinski definition) is 1. The largest absolute Gasteiger partial charge is 0.489 e. The van der Waals surface area contributed by atoms with Gasteiger partial charge in [0.15, 0.2) is 0 Å². The van der Waals surface area contributed by atoms with Crippen LogP contribution < -0.4 is 4.74 Å². The van der Waals surface area contributed by atoms with Gasteiger partial charge in [-0.15, -0.1) is 0 Å². The van der Waals surface area contributed by atoms with Crippen molar-refractivity contribution in [3.05, 3.63) is 125 Å². The third-order valence-electron chi connectivity index (χ3n) is 5.04. The normalized spacial score (nSPS) is 10.9. The standard InChI is InChI=1S/C28H21FO3/c29-25-13-10-22(11-14-25)23-12-17-27(28(30)31)24(18-23)9-6-20-7-15-26(16-8-20)32-19-21-4-2-1-3-5-21/h1-18H,19H2,(H,30,31). The third-order valence-corrected chi connectivity index (χ3v) is 5.04. The highest BCUT2D eigenvalue weighted by molar-refractivity contribution is 5.94. The molecular formula is C28H21FO3. The molecule has 0 amide bonds. The first-order chi connectivity index (χ1) is 15.6. The predicted molar refractivity (Wildman–Crippen MR) is 125 cm³/mol. The zero-order valence-electron chi connectivity index (χ0n) is 17.2. The fourth-order valence-electron chi connectivity index (χ4n) is 3.32. The quantitative estimate of drug-likeness (QED) is 0.327. The molecule has 0 saturated carbocycles. The second-order valence-corrected chi connectivity index (χ2v) is 7.29. The molecule has 4 heteroatoms. The summed E-state index contributed by atoms with van der Waals surface area (Å²) in [5.41, 5.74) is 4.43. The van der Waals surface area contributed by atoms with Crippen LogP contribution in [0.3, 0.4) is 0 Å². The minimum absolute atomic E-state index is 0.204. The minimum atomic E-state index is -1.00. The molecule has 0 aliphatic rings. The number of benzene rings is 4. The maximum Gasteiger partial charge on any atom is 0.336 e. The van der Waals surface area contributed by atoms with E-state index in [9.17, 15) is 14.3 Å². The maximum atomic E-state index is 13.2. The van der Waals surface area contributed by atoms with E-state index in [0.29, 0.717) is 12.2 Å². The fourth-order valence-corrected chi connectivity index (χ4v) is 3.32. The van der Waals surface area contributed by atoms with E-state index in [4.69, 9.17) is 4.74 Å². The molecule has 158 valence electrons. The minimum Gasteiger partial charge on any atom is -0.489 e. The van der Waals surface area contributed by atoms with Gasteiger partial charge in [0.25, 0.3) is 0 Å². The number of hydrogen-bond acceptors (Lipinski definition) is 2. The Morgan fingerprint density at radius 1 is 0.812 bits per heavy atom. The molecular weight excluding hydrogens is 403 g/mol. The summed E-state index contributed by atoms with van der Waals surface area (Å²) in [7, 11) is 0. The van der Waals surface area contributed by atoms with Gasteiger partial charge in [-0.2, -0.15) is 0 Å². The van der Waals surface area contributed by atoms with Crippen LogP contribution in [-0.4, -0.2) is 11.1 Å². The highest BCUT2D eigenvalue weighted by Gasteiger charge is 2.10. The molecule has 0 aromatic heterocycles.